The summed E-state index contributed by atoms with van der Waals surface area (Å²) < 4.78 is 6.96. The van der Waals surface area contributed by atoms with Gasteiger partial charge < -0.3 is 30.2 Å². The molecular formula is C31H42ClN7O4. The Balaban J connectivity index is 0.00000506. The van der Waals surface area contributed by atoms with Crippen LogP contribution in [0, 0.1) is 5.41 Å². The molecule has 1 atom stereocenters. The van der Waals surface area contributed by atoms with E-state index in [1.807, 2.05) is 53.8 Å². The Kier molecular flexibility index (Phi) is 11.2. The number of aryl methyl sites for hydroxylation is 1. The van der Waals surface area contributed by atoms with Crippen molar-refractivity contribution in [1.82, 2.24) is 19.4 Å². The van der Waals surface area contributed by atoms with E-state index in [0.29, 0.717) is 25.2 Å². The Labute approximate surface area is 258 Å². The summed E-state index contributed by atoms with van der Waals surface area (Å²) in [5.41, 5.74) is 8.48. The number of aromatic nitrogens is 2. The molecule has 43 heavy (non-hydrogen) atoms. The van der Waals surface area contributed by atoms with Gasteiger partial charge >= 0.3 is 5.97 Å². The number of piperidine rings is 1. The Bertz CT molecular complexity index is 1470. The number of nitrogens with one attached hydrogen (secondary N) is 2. The minimum Gasteiger partial charge on any atom is -0.466 e. The molecule has 1 aliphatic rings. The highest BCUT2D eigenvalue weighted by molar-refractivity contribution is 5.96. The number of nitrogens with two attached hydrogens (primary N) is 1. The smallest absolute Gasteiger partial charge is 0.315 e. The summed E-state index contributed by atoms with van der Waals surface area (Å²) in [6, 6.07) is 13.2. The molecule has 0 saturated carbocycles. The van der Waals surface area contributed by atoms with E-state index in [1.165, 1.54) is 4.90 Å². The second-order valence-corrected chi connectivity index (χ2v) is 11.1. The molecule has 0 bridgehead atoms. The average Bonchev–Trinajstić information content (AvgIpc) is 3.30. The van der Waals surface area contributed by atoms with E-state index < -0.39 is 17.3 Å². The van der Waals surface area contributed by atoms with Gasteiger partial charge in [-0.1, -0.05) is 6.07 Å². The van der Waals surface area contributed by atoms with E-state index in [0.717, 1.165) is 47.4 Å². The number of ether oxygens (including phenoxy) is 1. The zero-order valence-corrected chi connectivity index (χ0v) is 26.1. The molecule has 0 spiro atoms. The fourth-order valence-electron chi connectivity index (χ4n) is 5.46. The van der Waals surface area contributed by atoms with Crippen molar-refractivity contribution in [1.29, 1.82) is 5.41 Å². The molecular weight excluding hydrogens is 570 g/mol. The molecule has 11 nitrogen and oxygen atoms in total. The largest absolute Gasteiger partial charge is 0.466 e. The minimum atomic E-state index is -1.04. The molecule has 1 aliphatic heterocycles. The number of anilines is 1. The number of carbonyl (C=O) groups is 3. The molecule has 1 saturated heterocycles. The molecule has 1 aromatic heterocycles. The highest BCUT2D eigenvalue weighted by atomic mass is 35.5. The third kappa shape index (κ3) is 7.64. The van der Waals surface area contributed by atoms with Crippen LogP contribution in [0.25, 0.3) is 11.0 Å². The number of halogens is 1. The summed E-state index contributed by atoms with van der Waals surface area (Å²) in [4.78, 5) is 47.2. The number of carbonyl (C=O) groups excluding carboxylic acids is 3. The standard InChI is InChI=1S/C31H41N7O4.ClH/c1-5-42-28(40)18-27(39)36(3)20-31(2,30(41)38-15-7-6-8-16-38)22-11-14-25-24(17-22)35-26(37(25)4)19-34-23-12-9-21(10-13-23)29(32)33;/h9-14,17,34H,5-8,15-16,18-20H2,1-4H3,(H3,32,33);1H. The van der Waals surface area contributed by atoms with Crippen LogP contribution in [0.15, 0.2) is 42.5 Å². The Hall–Kier alpha value is -4.12. The van der Waals surface area contributed by atoms with Crippen LogP contribution in [-0.4, -0.2) is 76.3 Å². The van der Waals surface area contributed by atoms with Gasteiger partial charge in [0.15, 0.2) is 0 Å². The van der Waals surface area contributed by atoms with Crippen molar-refractivity contribution in [3.8, 4) is 0 Å². The lowest BCUT2D eigenvalue weighted by molar-refractivity contribution is -0.148. The summed E-state index contributed by atoms with van der Waals surface area (Å²) in [5, 5.41) is 10.9. The number of imidazole rings is 1. The van der Waals surface area contributed by atoms with Crippen LogP contribution >= 0.6 is 12.4 Å². The number of fused-ring (bicyclic) bond motifs is 1. The van der Waals surface area contributed by atoms with Gasteiger partial charge in [-0.15, -0.1) is 12.4 Å². The second-order valence-electron chi connectivity index (χ2n) is 11.1. The van der Waals surface area contributed by atoms with E-state index in [4.69, 9.17) is 20.9 Å². The van der Waals surface area contributed by atoms with E-state index in [9.17, 15) is 14.4 Å². The number of likely N-dealkylation sites (tertiary alicyclic amines) is 1. The summed E-state index contributed by atoms with van der Waals surface area (Å²) >= 11 is 0. The van der Waals surface area contributed by atoms with Gasteiger partial charge in [0.25, 0.3) is 0 Å². The van der Waals surface area contributed by atoms with Crippen molar-refractivity contribution in [2.45, 2.75) is 51.5 Å². The summed E-state index contributed by atoms with van der Waals surface area (Å²) in [6.07, 6.45) is 2.63. The maximum atomic E-state index is 14.1. The van der Waals surface area contributed by atoms with Gasteiger partial charge in [-0.2, -0.15) is 0 Å². The maximum absolute atomic E-state index is 14.1. The van der Waals surface area contributed by atoms with E-state index in [1.54, 1.807) is 26.1 Å². The number of benzene rings is 2. The molecule has 4 rings (SSSR count). The number of likely N-dealkylation sites (N-methyl/N-ethyl adjacent to an activating group) is 1. The molecule has 2 aromatic carbocycles. The predicted octanol–water partition coefficient (Wildman–Crippen LogP) is 3.57. The molecule has 232 valence electrons. The fraction of sp³-hybridized carbons (Fsp3) is 0.452. The maximum Gasteiger partial charge on any atom is 0.315 e. The van der Waals surface area contributed by atoms with Crippen molar-refractivity contribution >= 4 is 52.7 Å². The molecule has 4 N–H and O–H groups in total. The highest BCUT2D eigenvalue weighted by Gasteiger charge is 2.41. The summed E-state index contributed by atoms with van der Waals surface area (Å²) in [6.45, 7) is 5.72. The lowest BCUT2D eigenvalue weighted by Crippen LogP contribution is -2.53. The third-order valence-corrected chi connectivity index (χ3v) is 7.95. The summed E-state index contributed by atoms with van der Waals surface area (Å²) in [5.74, 6) is -0.181. The molecule has 1 fully saturated rings. The van der Waals surface area contributed by atoms with Gasteiger partial charge in [0, 0.05) is 45.0 Å². The van der Waals surface area contributed by atoms with E-state index in [-0.39, 0.29) is 43.7 Å². The first-order valence-electron chi connectivity index (χ1n) is 14.4. The molecule has 1 unspecified atom stereocenters. The fourth-order valence-corrected chi connectivity index (χ4v) is 5.46. The normalized spacial score (nSPS) is 14.4. The first-order chi connectivity index (χ1) is 20.0. The second kappa shape index (κ2) is 14.4. The first-order valence-corrected chi connectivity index (χ1v) is 14.4. The van der Waals surface area contributed by atoms with Crippen LogP contribution in [0.1, 0.15) is 56.5 Å². The number of nitrogens with zero attached hydrogens (tertiary/aromatic N) is 4. The number of esters is 1. The van der Waals surface area contributed by atoms with Gasteiger partial charge in [0.05, 0.1) is 29.6 Å². The summed E-state index contributed by atoms with van der Waals surface area (Å²) in [7, 11) is 3.57. The third-order valence-electron chi connectivity index (χ3n) is 7.95. The number of amides is 2. The van der Waals surface area contributed by atoms with Crippen LogP contribution in [0.5, 0.6) is 0 Å². The van der Waals surface area contributed by atoms with Crippen molar-refractivity contribution in [2.24, 2.45) is 12.8 Å². The Morgan fingerprint density at radius 1 is 1.12 bits per heavy atom. The number of nitrogen functional groups attached to an aromatic ring is 1. The average molecular weight is 612 g/mol. The van der Waals surface area contributed by atoms with E-state index in [2.05, 4.69) is 5.32 Å². The Morgan fingerprint density at radius 2 is 1.79 bits per heavy atom. The van der Waals surface area contributed by atoms with Crippen LogP contribution in [0.2, 0.25) is 0 Å². The lowest BCUT2D eigenvalue weighted by Gasteiger charge is -2.39. The van der Waals surface area contributed by atoms with Gasteiger partial charge in [-0.25, -0.2) is 4.98 Å². The van der Waals surface area contributed by atoms with Crippen molar-refractivity contribution in [3.63, 3.8) is 0 Å². The molecule has 2 heterocycles. The number of amidine groups is 1. The first kappa shape index (κ1) is 33.4. The minimum absolute atomic E-state index is 0. The van der Waals surface area contributed by atoms with Crippen molar-refractivity contribution < 1.29 is 19.1 Å². The molecule has 0 aliphatic carbocycles. The van der Waals surface area contributed by atoms with Gasteiger partial charge in [0.2, 0.25) is 11.8 Å². The highest BCUT2D eigenvalue weighted by Crippen LogP contribution is 2.32. The predicted molar refractivity (Wildman–Crippen MR) is 169 cm³/mol. The van der Waals surface area contributed by atoms with Crippen LogP contribution in [0.4, 0.5) is 5.69 Å². The lowest BCUT2D eigenvalue weighted by atomic mass is 9.79. The topological polar surface area (TPSA) is 147 Å². The van der Waals surface area contributed by atoms with Gasteiger partial charge in [-0.05, 0) is 75.1 Å². The number of hydrogen-bond acceptors (Lipinski definition) is 7. The molecule has 0 radical (unpaired) electrons. The molecule has 12 heteroatoms. The molecule has 3 aromatic rings. The van der Waals surface area contributed by atoms with E-state index >= 15 is 0 Å². The Morgan fingerprint density at radius 3 is 2.42 bits per heavy atom. The van der Waals surface area contributed by atoms with Crippen LogP contribution in [-0.2, 0) is 38.1 Å². The van der Waals surface area contributed by atoms with Crippen LogP contribution in [0.3, 0.4) is 0 Å². The SMILES string of the molecule is CCOC(=O)CC(=O)N(C)CC(C)(C(=O)N1CCCCC1)c1ccc2c(c1)nc(CNc1ccc(C(=N)N)cc1)n2C.Cl. The van der Waals surface area contributed by atoms with Gasteiger partial charge in [-0.3, -0.25) is 19.8 Å². The van der Waals surface area contributed by atoms with Gasteiger partial charge in [0.1, 0.15) is 18.1 Å². The van der Waals surface area contributed by atoms with Crippen molar-refractivity contribution in [2.75, 3.05) is 38.6 Å². The number of rotatable bonds is 11. The molecule has 2 amide bonds. The zero-order valence-electron chi connectivity index (χ0n) is 25.3. The van der Waals surface area contributed by atoms with Crippen molar-refractivity contribution in [3.05, 3.63) is 59.4 Å². The van der Waals surface area contributed by atoms with Crippen LogP contribution < -0.4 is 11.1 Å². The zero-order chi connectivity index (χ0) is 30.4. The monoisotopic (exact) mass is 611 g/mol. The quantitative estimate of drug-likeness (QED) is 0.130. The number of hydrogen-bond donors (Lipinski definition) is 3.